The molecule has 4 rings (SSSR count). The van der Waals surface area contributed by atoms with E-state index in [9.17, 15) is 4.79 Å². The number of piperidine rings is 1. The van der Waals surface area contributed by atoms with Gasteiger partial charge in [0.15, 0.2) is 5.65 Å². The first kappa shape index (κ1) is 16.3. The summed E-state index contributed by atoms with van der Waals surface area (Å²) in [6, 6.07) is 10.1. The SMILES string of the molecule is O=C(CCCc1cccs1)N1CCC[C@@H](c2nnc3ccccn23)C1. The van der Waals surface area contributed by atoms with Crippen molar-refractivity contribution in [3.8, 4) is 0 Å². The Balaban J connectivity index is 1.38. The average Bonchev–Trinajstić information content (AvgIpc) is 3.31. The fourth-order valence-electron chi connectivity index (χ4n) is 3.58. The molecule has 0 N–H and O–H groups in total. The molecule has 1 saturated heterocycles. The van der Waals surface area contributed by atoms with Crippen molar-refractivity contribution >= 4 is 22.9 Å². The van der Waals surface area contributed by atoms with E-state index in [0.717, 1.165) is 50.2 Å². The lowest BCUT2D eigenvalue weighted by Crippen LogP contribution is -2.39. The van der Waals surface area contributed by atoms with Crippen molar-refractivity contribution in [1.29, 1.82) is 0 Å². The first-order valence-corrected chi connectivity index (χ1v) is 9.79. The summed E-state index contributed by atoms with van der Waals surface area (Å²) in [4.78, 5) is 16.0. The molecule has 130 valence electrons. The maximum absolute atomic E-state index is 12.6. The number of rotatable bonds is 5. The van der Waals surface area contributed by atoms with E-state index in [0.29, 0.717) is 6.42 Å². The number of pyridine rings is 1. The monoisotopic (exact) mass is 354 g/mol. The molecule has 0 spiro atoms. The Morgan fingerprint density at radius 1 is 1.24 bits per heavy atom. The smallest absolute Gasteiger partial charge is 0.222 e. The van der Waals surface area contributed by atoms with Gasteiger partial charge in [-0.1, -0.05) is 12.1 Å². The van der Waals surface area contributed by atoms with E-state index >= 15 is 0 Å². The minimum absolute atomic E-state index is 0.271. The first-order chi connectivity index (χ1) is 12.3. The van der Waals surface area contributed by atoms with Crippen molar-refractivity contribution in [3.63, 3.8) is 0 Å². The molecule has 0 bridgehead atoms. The number of carbonyl (C=O) groups excluding carboxylic acids is 1. The Hall–Kier alpha value is -2.21. The maximum atomic E-state index is 12.6. The van der Waals surface area contributed by atoms with Gasteiger partial charge in [0.05, 0.1) is 0 Å². The van der Waals surface area contributed by atoms with Crippen LogP contribution in [0.5, 0.6) is 0 Å². The summed E-state index contributed by atoms with van der Waals surface area (Å²) in [5.41, 5.74) is 0.872. The van der Waals surface area contributed by atoms with Gasteiger partial charge in [0.2, 0.25) is 5.91 Å². The highest BCUT2D eigenvalue weighted by Crippen LogP contribution is 2.26. The van der Waals surface area contributed by atoms with Gasteiger partial charge in [0, 0.05) is 36.5 Å². The standard InChI is InChI=1S/C19H22N4OS/c24-18(10-3-7-16-8-5-13-25-16)22-11-4-6-15(14-22)19-21-20-17-9-1-2-12-23(17)19/h1-2,5,8-9,12-13,15H,3-4,6-7,10-11,14H2/t15-/m1/s1. The molecule has 1 amide bonds. The number of nitrogens with zero attached hydrogens (tertiary/aromatic N) is 4. The van der Waals surface area contributed by atoms with Gasteiger partial charge < -0.3 is 4.90 Å². The van der Waals surface area contributed by atoms with E-state index < -0.39 is 0 Å². The van der Waals surface area contributed by atoms with Crippen LogP contribution in [0, 0.1) is 0 Å². The second-order valence-corrected chi connectivity index (χ2v) is 7.63. The van der Waals surface area contributed by atoms with Crippen molar-refractivity contribution in [3.05, 3.63) is 52.6 Å². The summed E-state index contributed by atoms with van der Waals surface area (Å²) in [6.45, 7) is 1.62. The van der Waals surface area contributed by atoms with E-state index in [-0.39, 0.29) is 11.8 Å². The van der Waals surface area contributed by atoms with Crippen LogP contribution in [0.2, 0.25) is 0 Å². The van der Waals surface area contributed by atoms with Gasteiger partial charge in [0.1, 0.15) is 5.82 Å². The van der Waals surface area contributed by atoms with E-state index in [1.807, 2.05) is 29.3 Å². The van der Waals surface area contributed by atoms with Crippen LogP contribution < -0.4 is 0 Å². The number of aromatic nitrogens is 3. The van der Waals surface area contributed by atoms with Gasteiger partial charge in [-0.2, -0.15) is 0 Å². The summed E-state index contributed by atoms with van der Waals surface area (Å²) in [5.74, 6) is 1.52. The molecule has 6 heteroatoms. The lowest BCUT2D eigenvalue weighted by Gasteiger charge is -2.32. The molecule has 0 unspecified atom stereocenters. The van der Waals surface area contributed by atoms with Gasteiger partial charge >= 0.3 is 0 Å². The summed E-state index contributed by atoms with van der Waals surface area (Å²) >= 11 is 1.77. The van der Waals surface area contributed by atoms with Crippen LogP contribution in [0.25, 0.3) is 5.65 Å². The Morgan fingerprint density at radius 3 is 3.08 bits per heavy atom. The predicted octanol–water partition coefficient (Wildman–Crippen LogP) is 3.52. The molecule has 1 aliphatic heterocycles. The van der Waals surface area contributed by atoms with Crippen LogP contribution in [0.4, 0.5) is 0 Å². The van der Waals surface area contributed by atoms with Crippen LogP contribution in [0.3, 0.4) is 0 Å². The third-order valence-corrected chi connectivity index (χ3v) is 5.81. The number of thiophene rings is 1. The van der Waals surface area contributed by atoms with Gasteiger partial charge in [-0.05, 0) is 49.3 Å². The summed E-state index contributed by atoms with van der Waals surface area (Å²) in [5, 5.41) is 10.7. The van der Waals surface area contributed by atoms with E-state index in [4.69, 9.17) is 0 Å². The number of fused-ring (bicyclic) bond motifs is 1. The lowest BCUT2D eigenvalue weighted by molar-refractivity contribution is -0.132. The Labute approximate surface area is 151 Å². The van der Waals surface area contributed by atoms with Crippen LogP contribution in [0.1, 0.15) is 42.3 Å². The summed E-state index contributed by atoms with van der Waals surface area (Å²) < 4.78 is 2.05. The fraction of sp³-hybridized carbons (Fsp3) is 0.421. The third-order valence-electron chi connectivity index (χ3n) is 4.87. The molecule has 4 heterocycles. The van der Waals surface area contributed by atoms with Crippen molar-refractivity contribution < 1.29 is 4.79 Å². The first-order valence-electron chi connectivity index (χ1n) is 8.91. The second kappa shape index (κ2) is 7.35. The lowest BCUT2D eigenvalue weighted by atomic mass is 9.96. The molecule has 25 heavy (non-hydrogen) atoms. The molecule has 0 saturated carbocycles. The third kappa shape index (κ3) is 3.58. The van der Waals surface area contributed by atoms with Crippen LogP contribution in [-0.4, -0.2) is 38.5 Å². The number of likely N-dealkylation sites (tertiary alicyclic amines) is 1. The minimum Gasteiger partial charge on any atom is -0.342 e. The molecule has 1 fully saturated rings. The number of aryl methyl sites for hydroxylation is 1. The topological polar surface area (TPSA) is 50.5 Å². The van der Waals surface area contributed by atoms with Gasteiger partial charge in [-0.3, -0.25) is 9.20 Å². The van der Waals surface area contributed by atoms with E-state index in [1.54, 1.807) is 11.3 Å². The van der Waals surface area contributed by atoms with Crippen molar-refractivity contribution in [2.24, 2.45) is 0 Å². The molecule has 0 radical (unpaired) electrons. The largest absolute Gasteiger partial charge is 0.342 e. The van der Waals surface area contributed by atoms with Crippen molar-refractivity contribution in [2.75, 3.05) is 13.1 Å². The summed E-state index contributed by atoms with van der Waals surface area (Å²) in [7, 11) is 0. The second-order valence-electron chi connectivity index (χ2n) is 6.60. The zero-order chi connectivity index (χ0) is 17.1. The highest BCUT2D eigenvalue weighted by atomic mass is 32.1. The zero-order valence-electron chi connectivity index (χ0n) is 14.2. The Morgan fingerprint density at radius 2 is 2.20 bits per heavy atom. The normalized spacial score (nSPS) is 17.9. The van der Waals surface area contributed by atoms with Crippen molar-refractivity contribution in [2.45, 2.75) is 38.0 Å². The minimum atomic E-state index is 0.271. The maximum Gasteiger partial charge on any atom is 0.222 e. The molecule has 0 aromatic carbocycles. The zero-order valence-corrected chi connectivity index (χ0v) is 15.0. The van der Waals surface area contributed by atoms with Crippen LogP contribution >= 0.6 is 11.3 Å². The molecule has 5 nitrogen and oxygen atoms in total. The van der Waals surface area contributed by atoms with Crippen molar-refractivity contribution in [1.82, 2.24) is 19.5 Å². The van der Waals surface area contributed by atoms with Gasteiger partial charge in [0.25, 0.3) is 0 Å². The van der Waals surface area contributed by atoms with Gasteiger partial charge in [-0.15, -0.1) is 21.5 Å². The van der Waals surface area contributed by atoms with E-state index in [1.165, 1.54) is 4.88 Å². The average molecular weight is 354 g/mol. The quantitative estimate of drug-likeness (QED) is 0.704. The molecule has 3 aromatic rings. The Kier molecular flexibility index (Phi) is 4.78. The number of hydrogen-bond donors (Lipinski definition) is 0. The molecule has 3 aromatic heterocycles. The highest BCUT2D eigenvalue weighted by Gasteiger charge is 2.27. The highest BCUT2D eigenvalue weighted by molar-refractivity contribution is 7.09. The molecule has 0 aliphatic carbocycles. The predicted molar refractivity (Wildman–Crippen MR) is 98.8 cm³/mol. The molecule has 1 atom stereocenters. The number of hydrogen-bond acceptors (Lipinski definition) is 4. The molecular formula is C19H22N4OS. The molecular weight excluding hydrogens is 332 g/mol. The fourth-order valence-corrected chi connectivity index (χ4v) is 4.33. The summed E-state index contributed by atoms with van der Waals surface area (Å²) in [6.07, 6.45) is 6.65. The number of carbonyl (C=O) groups is 1. The number of amides is 1. The van der Waals surface area contributed by atoms with E-state index in [2.05, 4.69) is 32.1 Å². The van der Waals surface area contributed by atoms with Crippen LogP contribution in [-0.2, 0) is 11.2 Å². The molecule has 1 aliphatic rings. The Bertz CT molecular complexity index is 842. The van der Waals surface area contributed by atoms with Crippen LogP contribution in [0.15, 0.2) is 41.9 Å². The van der Waals surface area contributed by atoms with Gasteiger partial charge in [-0.25, -0.2) is 0 Å².